The summed E-state index contributed by atoms with van der Waals surface area (Å²) in [5, 5.41) is 28.5. The second kappa shape index (κ2) is 13.4. The van der Waals surface area contributed by atoms with Crippen LogP contribution in [0.1, 0.15) is 91.2 Å². The Hall–Kier alpha value is -4.28. The van der Waals surface area contributed by atoms with Gasteiger partial charge in [-0.15, -0.1) is 22.1 Å². The van der Waals surface area contributed by atoms with Gasteiger partial charge in [0.15, 0.2) is 0 Å². The molecule has 0 spiro atoms. The minimum absolute atomic E-state index is 0. The molecule has 3 N–H and O–H groups in total. The van der Waals surface area contributed by atoms with Crippen molar-refractivity contribution >= 4 is 56.3 Å². The first-order chi connectivity index (χ1) is 20.9. The third-order valence-corrected chi connectivity index (χ3v) is 8.42. The molecular weight excluding hydrogens is 616 g/mol. The normalized spacial score (nSPS) is 13.6. The van der Waals surface area contributed by atoms with E-state index in [1.165, 1.54) is 0 Å². The maximum absolute atomic E-state index is 11.5. The Bertz CT molecular complexity index is 1950. The molecule has 5 rings (SSSR count). The van der Waals surface area contributed by atoms with Gasteiger partial charge in [-0.2, -0.15) is 0 Å². The van der Waals surface area contributed by atoms with Gasteiger partial charge in [0.05, 0.1) is 22.8 Å². The molecule has 0 fully saturated rings. The number of rotatable bonds is 9. The SMILES string of the molecule is C=CC1=C(C)c2cc3[n-]c(cc4nc(cc5[n-]c(cc1n2)c(C)c5CCC(=O)O)C(CCC(=O)O)=C4C)c(C)c3[C@H](C)OO.[Fe+2]. The van der Waals surface area contributed by atoms with Crippen molar-refractivity contribution < 1.29 is 47.0 Å². The van der Waals surface area contributed by atoms with Gasteiger partial charge in [-0.05, 0) is 69.7 Å². The number of carboxylic acid groups (broad SMARTS) is 2. The Labute approximate surface area is 271 Å². The Kier molecular flexibility index (Phi) is 9.99. The van der Waals surface area contributed by atoms with Gasteiger partial charge < -0.3 is 20.2 Å². The summed E-state index contributed by atoms with van der Waals surface area (Å²) in [4.78, 5) is 47.5. The van der Waals surface area contributed by atoms with Crippen LogP contribution in [0.25, 0.3) is 44.4 Å². The molecule has 0 aromatic carbocycles. The van der Waals surface area contributed by atoms with Crippen molar-refractivity contribution in [3.63, 3.8) is 0 Å². The van der Waals surface area contributed by atoms with Crippen LogP contribution in [-0.2, 0) is 38.0 Å². The van der Waals surface area contributed by atoms with E-state index >= 15 is 0 Å². The van der Waals surface area contributed by atoms with Crippen molar-refractivity contribution in [2.45, 2.75) is 66.4 Å². The molecule has 3 aromatic heterocycles. The van der Waals surface area contributed by atoms with E-state index in [1.807, 2.05) is 52.0 Å². The molecule has 2 aliphatic heterocycles. The first-order valence-electron chi connectivity index (χ1n) is 14.3. The molecule has 11 heteroatoms. The number of allylic oxidation sites excluding steroid dienone is 5. The number of fused-ring (bicyclic) bond motifs is 8. The minimum atomic E-state index is -0.923. The van der Waals surface area contributed by atoms with E-state index in [1.54, 1.807) is 13.0 Å². The molecule has 0 amide bonds. The summed E-state index contributed by atoms with van der Waals surface area (Å²) in [6.45, 7) is 13.4. The van der Waals surface area contributed by atoms with Gasteiger partial charge in [0, 0.05) is 18.4 Å². The largest absolute Gasteiger partial charge is 2.00 e. The van der Waals surface area contributed by atoms with Gasteiger partial charge in [0.1, 0.15) is 6.10 Å². The van der Waals surface area contributed by atoms with Gasteiger partial charge in [-0.3, -0.25) is 14.8 Å². The molecule has 2 aliphatic rings. The topological polar surface area (TPSA) is 158 Å². The standard InChI is InChI=1S/C34H36N4O6.Fe/c1-7-21-16(2)26-14-31-34(20(6)44-43)19(5)27(38-31)12-24-17(3)22(8-10-32(39)40)29(36-24)15-30-23(9-11-33(41)42)18(4)25(37-30)13-28(21)35-26;/h7,12-15,20H,1,8-11H2,2-6H3,(H5,35,36,37,38,39,40,41,42,43);/q;+2/p-2/t20-;/m0./s1. The van der Waals surface area contributed by atoms with Crippen LogP contribution in [0.2, 0.25) is 0 Å². The summed E-state index contributed by atoms with van der Waals surface area (Å²) >= 11 is 0. The monoisotopic (exact) mass is 650 g/mol. The molecule has 3 aromatic rings. The first-order valence-corrected chi connectivity index (χ1v) is 14.3. The van der Waals surface area contributed by atoms with Crippen LogP contribution in [0.15, 0.2) is 36.9 Å². The van der Waals surface area contributed by atoms with Crippen molar-refractivity contribution in [3.8, 4) is 0 Å². The van der Waals surface area contributed by atoms with Crippen LogP contribution in [0.5, 0.6) is 0 Å². The van der Waals surface area contributed by atoms with Gasteiger partial charge >= 0.3 is 29.0 Å². The average molecular weight is 651 g/mol. The van der Waals surface area contributed by atoms with Crippen molar-refractivity contribution in [2.24, 2.45) is 0 Å². The predicted molar refractivity (Wildman–Crippen MR) is 169 cm³/mol. The number of carboxylic acids is 2. The molecule has 8 bridgehead atoms. The molecule has 0 radical (unpaired) electrons. The Balaban J connectivity index is 0.00000461. The quantitative estimate of drug-likeness (QED) is 0.130. The summed E-state index contributed by atoms with van der Waals surface area (Å²) in [6, 6.07) is 7.39. The van der Waals surface area contributed by atoms with Crippen LogP contribution in [0, 0.1) is 13.8 Å². The predicted octanol–water partition coefficient (Wildman–Crippen LogP) is 6.67. The summed E-state index contributed by atoms with van der Waals surface area (Å²) in [6.07, 6.45) is 1.45. The average Bonchev–Trinajstić information content (AvgIpc) is 3.63. The fourth-order valence-electron chi connectivity index (χ4n) is 5.92. The van der Waals surface area contributed by atoms with Crippen LogP contribution in [0.4, 0.5) is 0 Å². The number of aliphatic carboxylic acids is 2. The van der Waals surface area contributed by atoms with E-state index in [2.05, 4.69) is 6.58 Å². The molecule has 0 unspecified atom stereocenters. The van der Waals surface area contributed by atoms with Crippen molar-refractivity contribution in [2.75, 3.05) is 0 Å². The van der Waals surface area contributed by atoms with E-state index in [9.17, 15) is 25.1 Å². The maximum atomic E-state index is 11.5. The van der Waals surface area contributed by atoms with Gasteiger partial charge in [0.2, 0.25) is 0 Å². The molecule has 10 nitrogen and oxygen atoms in total. The Morgan fingerprint density at radius 2 is 1.36 bits per heavy atom. The molecule has 45 heavy (non-hydrogen) atoms. The van der Waals surface area contributed by atoms with Crippen LogP contribution in [0.3, 0.4) is 0 Å². The zero-order valence-corrected chi connectivity index (χ0v) is 26.8. The number of hydrogen-bond acceptors (Lipinski definition) is 6. The summed E-state index contributed by atoms with van der Waals surface area (Å²) < 4.78 is 0. The van der Waals surface area contributed by atoms with Crippen molar-refractivity contribution in [3.05, 3.63) is 81.9 Å². The second-order valence-corrected chi connectivity index (χ2v) is 11.1. The molecule has 5 heterocycles. The number of hydrogen-bond donors (Lipinski definition) is 3. The first kappa shape index (κ1) is 33.6. The van der Waals surface area contributed by atoms with Crippen LogP contribution < -0.4 is 9.97 Å². The zero-order valence-electron chi connectivity index (χ0n) is 25.7. The second-order valence-electron chi connectivity index (χ2n) is 11.1. The maximum Gasteiger partial charge on any atom is 2.00 e. The van der Waals surface area contributed by atoms with Gasteiger partial charge in [-0.1, -0.05) is 53.6 Å². The minimum Gasteiger partial charge on any atom is -0.657 e. The smallest absolute Gasteiger partial charge is 0.657 e. The third kappa shape index (κ3) is 6.43. The molecule has 0 aliphatic carbocycles. The fourth-order valence-corrected chi connectivity index (χ4v) is 5.92. The molecule has 234 valence electrons. The molecule has 1 atom stereocenters. The fraction of sp³-hybridized carbons (Fsp3) is 0.294. The summed E-state index contributed by atoms with van der Waals surface area (Å²) in [5.74, 6) is -1.84. The summed E-state index contributed by atoms with van der Waals surface area (Å²) in [5.41, 5.74) is 11.4. The number of aromatic nitrogens is 4. The third-order valence-electron chi connectivity index (χ3n) is 8.42. The number of nitrogens with zero attached hydrogens (tertiary/aromatic N) is 4. The van der Waals surface area contributed by atoms with E-state index in [-0.39, 0.29) is 42.8 Å². The van der Waals surface area contributed by atoms with Crippen LogP contribution >= 0.6 is 0 Å². The number of aryl methyl sites for hydroxylation is 3. The van der Waals surface area contributed by atoms with E-state index < -0.39 is 18.0 Å². The van der Waals surface area contributed by atoms with Crippen LogP contribution in [-0.4, -0.2) is 37.4 Å². The molecular formula is C34H34FeN4O6. The van der Waals surface area contributed by atoms with Gasteiger partial charge in [-0.25, -0.2) is 14.9 Å². The Morgan fingerprint density at radius 3 is 2.00 bits per heavy atom. The van der Waals surface area contributed by atoms with E-state index in [0.717, 1.165) is 39.0 Å². The zero-order chi connectivity index (χ0) is 31.9. The molecule has 0 saturated heterocycles. The van der Waals surface area contributed by atoms with Gasteiger partial charge in [0.25, 0.3) is 0 Å². The van der Waals surface area contributed by atoms with E-state index in [4.69, 9.17) is 24.8 Å². The number of carbonyl (C=O) groups is 2. The van der Waals surface area contributed by atoms with Crippen molar-refractivity contribution in [1.29, 1.82) is 0 Å². The summed E-state index contributed by atoms with van der Waals surface area (Å²) in [7, 11) is 0. The molecule has 0 saturated carbocycles. The van der Waals surface area contributed by atoms with E-state index in [0.29, 0.717) is 50.4 Å². The Morgan fingerprint density at radius 1 is 0.822 bits per heavy atom. The van der Waals surface area contributed by atoms with Crippen molar-refractivity contribution in [1.82, 2.24) is 19.9 Å².